The number of ketones is 1. The van der Waals surface area contributed by atoms with E-state index in [1.165, 1.54) is 0 Å². The summed E-state index contributed by atoms with van der Waals surface area (Å²) < 4.78 is 3.57. The molecule has 0 amide bonds. The van der Waals surface area contributed by atoms with Crippen molar-refractivity contribution in [2.75, 3.05) is 0 Å². The van der Waals surface area contributed by atoms with Gasteiger partial charge in [0.2, 0.25) is 0 Å². The Labute approximate surface area is 201 Å². The number of halogens is 2. The third-order valence-electron chi connectivity index (χ3n) is 5.38. The molecule has 1 heterocycles. The lowest BCUT2D eigenvalue weighted by Crippen LogP contribution is -2.19. The van der Waals surface area contributed by atoms with E-state index in [0.29, 0.717) is 17.7 Å². The van der Waals surface area contributed by atoms with Crippen LogP contribution in [0.15, 0.2) is 57.7 Å². The van der Waals surface area contributed by atoms with Crippen LogP contribution in [-0.4, -0.2) is 15.5 Å². The average molecular weight is 547 g/mol. The van der Waals surface area contributed by atoms with Crippen LogP contribution in [-0.2, 0) is 17.4 Å². The van der Waals surface area contributed by atoms with Crippen LogP contribution in [0.3, 0.4) is 0 Å². The Hall–Kier alpha value is -1.85. The Bertz CT molecular complexity index is 1080. The second-order valence-electron chi connectivity index (χ2n) is 10.0. The number of phenolic OH excluding ortho intramolecular Hbond substituents is 1. The van der Waals surface area contributed by atoms with Gasteiger partial charge in [-0.05, 0) is 60.4 Å². The molecule has 0 bridgehead atoms. The zero-order valence-electron chi connectivity index (χ0n) is 18.9. The topological polar surface area (TPSA) is 42.2 Å². The third-order valence-corrected chi connectivity index (χ3v) is 7.57. The van der Waals surface area contributed by atoms with Crippen LogP contribution in [0.1, 0.15) is 74.2 Å². The maximum Gasteiger partial charge on any atom is 0.195 e. The summed E-state index contributed by atoms with van der Waals surface area (Å²) in [6.45, 7) is 12.9. The fraction of sp³-hybridized carbons (Fsp3) is 0.346. The minimum absolute atomic E-state index is 0.0737. The largest absolute Gasteiger partial charge is 0.507 e. The molecule has 3 nitrogen and oxygen atoms in total. The molecule has 31 heavy (non-hydrogen) atoms. The third kappa shape index (κ3) is 4.98. The minimum atomic E-state index is -0.294. The molecule has 164 valence electrons. The van der Waals surface area contributed by atoms with E-state index in [4.69, 9.17) is 0 Å². The highest BCUT2D eigenvalue weighted by atomic mass is 79.9. The first kappa shape index (κ1) is 23.8. The molecule has 1 aromatic heterocycles. The summed E-state index contributed by atoms with van der Waals surface area (Å²) >= 11 is 7.23. The van der Waals surface area contributed by atoms with Gasteiger partial charge < -0.3 is 9.67 Å². The number of nitrogens with zero attached hydrogens (tertiary/aromatic N) is 1. The van der Waals surface area contributed by atoms with E-state index in [-0.39, 0.29) is 22.4 Å². The molecule has 0 spiro atoms. The van der Waals surface area contributed by atoms with Crippen LogP contribution >= 0.6 is 31.9 Å². The number of carbonyl (C=O) groups excluding carboxylic acids is 1. The lowest BCUT2D eigenvalue weighted by Gasteiger charge is -2.28. The predicted molar refractivity (Wildman–Crippen MR) is 134 cm³/mol. The summed E-state index contributed by atoms with van der Waals surface area (Å²) in [6.07, 6.45) is 1.88. The normalized spacial score (nSPS) is 12.3. The molecule has 2 aromatic carbocycles. The van der Waals surface area contributed by atoms with Crippen molar-refractivity contribution in [2.24, 2.45) is 0 Å². The monoisotopic (exact) mass is 545 g/mol. The zero-order chi connectivity index (χ0) is 23.1. The molecule has 1 N–H and O–H groups in total. The van der Waals surface area contributed by atoms with Crippen molar-refractivity contribution in [3.8, 4) is 5.75 Å². The number of phenols is 1. The second kappa shape index (κ2) is 8.59. The highest BCUT2D eigenvalue weighted by molar-refractivity contribution is 9.13. The van der Waals surface area contributed by atoms with Crippen molar-refractivity contribution in [1.29, 1.82) is 0 Å². The molecular formula is C26H29Br2NO2. The highest BCUT2D eigenvalue weighted by Crippen LogP contribution is 2.41. The van der Waals surface area contributed by atoms with Gasteiger partial charge in [0, 0.05) is 29.4 Å². The number of hydrogen-bond donors (Lipinski definition) is 1. The Morgan fingerprint density at radius 2 is 1.45 bits per heavy atom. The Balaban J connectivity index is 2.10. The first-order valence-corrected chi connectivity index (χ1v) is 11.9. The van der Waals surface area contributed by atoms with E-state index in [2.05, 4.69) is 44.0 Å². The van der Waals surface area contributed by atoms with Crippen molar-refractivity contribution < 1.29 is 9.90 Å². The van der Waals surface area contributed by atoms with E-state index in [1.807, 2.05) is 82.6 Å². The zero-order valence-corrected chi connectivity index (χ0v) is 22.1. The van der Waals surface area contributed by atoms with Gasteiger partial charge in [0.1, 0.15) is 10.4 Å². The molecule has 0 unspecified atom stereocenters. The maximum absolute atomic E-state index is 13.6. The lowest BCUT2D eigenvalue weighted by molar-refractivity contribution is 0.103. The van der Waals surface area contributed by atoms with Crippen LogP contribution < -0.4 is 0 Å². The van der Waals surface area contributed by atoms with Crippen LogP contribution in [0.25, 0.3) is 0 Å². The molecule has 5 heteroatoms. The fourth-order valence-electron chi connectivity index (χ4n) is 3.62. The van der Waals surface area contributed by atoms with E-state index >= 15 is 0 Å². The quantitative estimate of drug-likeness (QED) is 0.342. The molecule has 0 aliphatic carbocycles. The van der Waals surface area contributed by atoms with Crippen molar-refractivity contribution in [3.05, 3.63) is 85.6 Å². The molecule has 3 aromatic rings. The summed E-state index contributed by atoms with van der Waals surface area (Å²) in [5, 5.41) is 11.0. The van der Waals surface area contributed by atoms with Crippen molar-refractivity contribution >= 4 is 37.6 Å². The molecule has 0 atom stereocenters. The molecule has 0 aliphatic rings. The van der Waals surface area contributed by atoms with Crippen molar-refractivity contribution in [3.63, 3.8) is 0 Å². The number of aromatic nitrogens is 1. The fourth-order valence-corrected chi connectivity index (χ4v) is 4.58. The molecule has 3 rings (SSSR count). The van der Waals surface area contributed by atoms with Gasteiger partial charge >= 0.3 is 0 Å². The van der Waals surface area contributed by atoms with Gasteiger partial charge in [-0.1, -0.05) is 71.9 Å². The summed E-state index contributed by atoms with van der Waals surface area (Å²) in [4.78, 5) is 13.6. The Kier molecular flexibility index (Phi) is 6.60. The molecule has 0 aliphatic heterocycles. The summed E-state index contributed by atoms with van der Waals surface area (Å²) in [5.74, 6) is 0.203. The van der Waals surface area contributed by atoms with E-state index < -0.39 is 0 Å². The van der Waals surface area contributed by atoms with Crippen LogP contribution in [0, 0.1) is 0 Å². The van der Waals surface area contributed by atoms with Gasteiger partial charge in [-0.3, -0.25) is 4.79 Å². The SMILES string of the molecule is CC(C)(C)c1cc(C(=O)c2cn(Cc3ccccc3)c(Br)c2Br)cc(C(C)(C)C)c1O. The van der Waals surface area contributed by atoms with Crippen molar-refractivity contribution in [2.45, 2.75) is 58.9 Å². The van der Waals surface area contributed by atoms with Crippen LogP contribution in [0.2, 0.25) is 0 Å². The van der Waals surface area contributed by atoms with Crippen LogP contribution in [0.4, 0.5) is 0 Å². The van der Waals surface area contributed by atoms with Gasteiger partial charge in [0.15, 0.2) is 5.78 Å². The number of rotatable bonds is 4. The van der Waals surface area contributed by atoms with Crippen molar-refractivity contribution in [1.82, 2.24) is 4.57 Å². The summed E-state index contributed by atoms with van der Waals surface area (Å²) in [7, 11) is 0. The lowest BCUT2D eigenvalue weighted by atomic mass is 9.78. The van der Waals surface area contributed by atoms with Crippen LogP contribution in [0.5, 0.6) is 5.75 Å². The van der Waals surface area contributed by atoms with Gasteiger partial charge in [0.05, 0.1) is 10.0 Å². The van der Waals surface area contributed by atoms with E-state index in [0.717, 1.165) is 25.8 Å². The molecule has 0 fully saturated rings. The van der Waals surface area contributed by atoms with Gasteiger partial charge in [0.25, 0.3) is 0 Å². The second-order valence-corrected chi connectivity index (χ2v) is 11.6. The first-order chi connectivity index (χ1) is 14.3. The van der Waals surface area contributed by atoms with E-state index in [9.17, 15) is 9.90 Å². The highest BCUT2D eigenvalue weighted by Gasteiger charge is 2.29. The van der Waals surface area contributed by atoms with E-state index in [1.54, 1.807) is 0 Å². The van der Waals surface area contributed by atoms with Gasteiger partial charge in [-0.2, -0.15) is 0 Å². The number of aromatic hydroxyl groups is 1. The smallest absolute Gasteiger partial charge is 0.195 e. The molecule has 0 radical (unpaired) electrons. The Morgan fingerprint density at radius 3 is 1.94 bits per heavy atom. The summed E-state index contributed by atoms with van der Waals surface area (Å²) in [6, 6.07) is 13.8. The first-order valence-electron chi connectivity index (χ1n) is 10.3. The Morgan fingerprint density at radius 1 is 0.935 bits per heavy atom. The molecule has 0 saturated heterocycles. The standard InChI is InChI=1S/C26H29Br2NO2/c1-25(2,3)19-12-17(13-20(23(19)31)26(4,5)6)22(30)18-15-29(24(28)21(18)27)14-16-10-8-7-9-11-16/h7-13,15,31H,14H2,1-6H3. The molecule has 0 saturated carbocycles. The number of benzene rings is 2. The summed E-state index contributed by atoms with van der Waals surface area (Å²) in [5.41, 5.74) is 3.30. The average Bonchev–Trinajstić information content (AvgIpc) is 2.95. The maximum atomic E-state index is 13.6. The molecular weight excluding hydrogens is 518 g/mol. The predicted octanol–water partition coefficient (Wildman–Crippen LogP) is 7.59. The number of hydrogen-bond acceptors (Lipinski definition) is 2. The number of carbonyl (C=O) groups is 1. The minimum Gasteiger partial charge on any atom is -0.507 e. The van der Waals surface area contributed by atoms with Gasteiger partial charge in [-0.15, -0.1) is 0 Å². The van der Waals surface area contributed by atoms with Gasteiger partial charge in [-0.25, -0.2) is 0 Å².